The lowest BCUT2D eigenvalue weighted by Gasteiger charge is -2.14. The van der Waals surface area contributed by atoms with Crippen LogP contribution in [0.4, 0.5) is 4.39 Å². The first-order valence-electron chi connectivity index (χ1n) is 8.88. The van der Waals surface area contributed by atoms with E-state index in [1.54, 1.807) is 13.0 Å². The lowest BCUT2D eigenvalue weighted by Crippen LogP contribution is -2.28. The Bertz CT molecular complexity index is 532. The lowest BCUT2D eigenvalue weighted by atomic mass is 10.1. The number of benzene rings is 1. The van der Waals surface area contributed by atoms with Crippen LogP contribution < -0.4 is 4.74 Å². The molecule has 0 unspecified atom stereocenters. The Balaban J connectivity index is 0. The molecule has 1 aromatic carbocycles. The van der Waals surface area contributed by atoms with Crippen LogP contribution in [0.25, 0.3) is 0 Å². The normalized spacial score (nSPS) is 10.9. The van der Waals surface area contributed by atoms with Crippen molar-refractivity contribution in [3.05, 3.63) is 29.1 Å². The van der Waals surface area contributed by atoms with Gasteiger partial charge < -0.3 is 14.4 Å². The van der Waals surface area contributed by atoms with Crippen molar-refractivity contribution in [3.8, 4) is 5.75 Å². The fourth-order valence-corrected chi connectivity index (χ4v) is 1.91. The molecule has 0 saturated carbocycles. The highest BCUT2D eigenvalue weighted by molar-refractivity contribution is 5.99. The summed E-state index contributed by atoms with van der Waals surface area (Å²) in [6.07, 6.45) is 0.233. The highest BCUT2D eigenvalue weighted by atomic mass is 19.1. The first-order chi connectivity index (χ1) is 12.1. The number of amides is 1. The molecule has 144 valence electrons. The molecule has 6 heteroatoms. The molecule has 0 aliphatic carbocycles. The first kappa shape index (κ1) is 25.1. The van der Waals surface area contributed by atoms with Crippen LogP contribution in [0.1, 0.15) is 70.8 Å². The van der Waals surface area contributed by atoms with Crippen molar-refractivity contribution < 1.29 is 23.5 Å². The lowest BCUT2D eigenvalue weighted by molar-refractivity contribution is -0.146. The van der Waals surface area contributed by atoms with Gasteiger partial charge in [0, 0.05) is 6.42 Å². The molecule has 1 aromatic rings. The fourth-order valence-electron chi connectivity index (χ4n) is 1.91. The Labute approximate surface area is 151 Å². The highest BCUT2D eigenvalue weighted by Gasteiger charge is 2.32. The van der Waals surface area contributed by atoms with Crippen LogP contribution in [0.2, 0.25) is 0 Å². The smallest absolute Gasteiger partial charge is 0.307 e. The minimum atomic E-state index is -0.672. The predicted molar refractivity (Wildman–Crippen MR) is 98.1 cm³/mol. The zero-order valence-electron chi connectivity index (χ0n) is 16.7. The van der Waals surface area contributed by atoms with Crippen LogP contribution in [0, 0.1) is 5.82 Å². The molecule has 1 amide bonds. The van der Waals surface area contributed by atoms with Gasteiger partial charge in [-0.15, -0.1) is 0 Å². The van der Waals surface area contributed by atoms with Crippen molar-refractivity contribution >= 4 is 11.9 Å². The number of ether oxygens (including phenoxy) is 2. The number of nitrogens with zero attached hydrogens (tertiary/aromatic N) is 1. The van der Waals surface area contributed by atoms with Crippen LogP contribution in [-0.2, 0) is 16.1 Å². The second-order valence-electron chi connectivity index (χ2n) is 4.12. The summed E-state index contributed by atoms with van der Waals surface area (Å²) in [5.41, 5.74) is 0.558. The van der Waals surface area contributed by atoms with Crippen LogP contribution in [0.3, 0.4) is 0 Å². The molecule has 1 aliphatic heterocycles. The van der Waals surface area contributed by atoms with Crippen molar-refractivity contribution in [1.29, 1.82) is 0 Å². The molecule has 0 atom stereocenters. The van der Waals surface area contributed by atoms with E-state index in [0.717, 1.165) is 0 Å². The molecule has 0 radical (unpaired) electrons. The van der Waals surface area contributed by atoms with E-state index in [1.807, 2.05) is 41.5 Å². The third-order valence-electron chi connectivity index (χ3n) is 2.95. The van der Waals surface area contributed by atoms with E-state index >= 15 is 0 Å². The van der Waals surface area contributed by atoms with Gasteiger partial charge in [0.1, 0.15) is 0 Å². The monoisotopic (exact) mass is 357 g/mol. The number of halogens is 1. The second kappa shape index (κ2) is 14.3. The van der Waals surface area contributed by atoms with Gasteiger partial charge >= 0.3 is 5.97 Å². The molecule has 0 saturated heterocycles. The molecule has 0 aromatic heterocycles. The number of carbonyl (C=O) groups excluding carboxylic acids is 2. The molecule has 2 rings (SSSR count). The van der Waals surface area contributed by atoms with Crippen LogP contribution in [-0.4, -0.2) is 30.6 Å². The van der Waals surface area contributed by atoms with E-state index < -0.39 is 17.7 Å². The molecule has 0 N–H and O–H groups in total. The number of carbonyl (C=O) groups is 2. The largest absolute Gasteiger partial charge is 0.494 e. The van der Waals surface area contributed by atoms with Gasteiger partial charge in [0.25, 0.3) is 5.91 Å². The van der Waals surface area contributed by atoms with Crippen molar-refractivity contribution in [2.75, 3.05) is 13.8 Å². The number of methoxy groups -OCH3 is 1. The molecular weight excluding hydrogens is 325 g/mol. The van der Waals surface area contributed by atoms with Crippen molar-refractivity contribution in [1.82, 2.24) is 4.90 Å². The summed E-state index contributed by atoms with van der Waals surface area (Å²) in [7, 11) is 1.34. The van der Waals surface area contributed by atoms with E-state index in [2.05, 4.69) is 0 Å². The summed E-state index contributed by atoms with van der Waals surface area (Å²) < 4.78 is 23.7. The maximum atomic E-state index is 14.0. The zero-order chi connectivity index (χ0) is 20.0. The van der Waals surface area contributed by atoms with E-state index in [4.69, 9.17) is 9.47 Å². The molecule has 0 fully saturated rings. The zero-order valence-corrected chi connectivity index (χ0v) is 16.7. The van der Waals surface area contributed by atoms with Crippen LogP contribution >= 0.6 is 0 Å². The van der Waals surface area contributed by atoms with Crippen LogP contribution in [0.5, 0.6) is 5.75 Å². The second-order valence-corrected chi connectivity index (χ2v) is 4.12. The van der Waals surface area contributed by atoms with Gasteiger partial charge in [0.05, 0.1) is 19.2 Å². The van der Waals surface area contributed by atoms with Gasteiger partial charge in [-0.3, -0.25) is 9.59 Å². The molecule has 0 spiro atoms. The minimum absolute atomic E-state index is 0.00750. The van der Waals surface area contributed by atoms with E-state index in [1.165, 1.54) is 18.1 Å². The number of hydrogen-bond donors (Lipinski definition) is 0. The summed E-state index contributed by atoms with van der Waals surface area (Å²) >= 11 is 0. The SMILES string of the molecule is CC.CC.CC.CCC(=O)OCN1Cc2ccc(OC)c(F)c2C1=O. The van der Waals surface area contributed by atoms with Gasteiger partial charge in [-0.2, -0.15) is 0 Å². The Morgan fingerprint density at radius 3 is 2.20 bits per heavy atom. The number of hydrogen-bond acceptors (Lipinski definition) is 4. The minimum Gasteiger partial charge on any atom is -0.494 e. The first-order valence-corrected chi connectivity index (χ1v) is 8.88. The van der Waals surface area contributed by atoms with Crippen molar-refractivity contribution in [2.45, 2.75) is 61.4 Å². The van der Waals surface area contributed by atoms with E-state index in [-0.39, 0.29) is 31.0 Å². The summed E-state index contributed by atoms with van der Waals surface area (Å²) in [6.45, 7) is 13.7. The molecule has 5 nitrogen and oxygen atoms in total. The van der Waals surface area contributed by atoms with Gasteiger partial charge in [0.15, 0.2) is 18.3 Å². The van der Waals surface area contributed by atoms with Gasteiger partial charge in [-0.25, -0.2) is 4.39 Å². The average Bonchev–Trinajstić information content (AvgIpc) is 3.01. The third-order valence-corrected chi connectivity index (χ3v) is 2.95. The average molecular weight is 357 g/mol. The highest BCUT2D eigenvalue weighted by Crippen LogP contribution is 2.30. The Morgan fingerprint density at radius 1 is 1.16 bits per heavy atom. The van der Waals surface area contributed by atoms with Crippen molar-refractivity contribution in [3.63, 3.8) is 0 Å². The summed E-state index contributed by atoms with van der Waals surface area (Å²) in [4.78, 5) is 24.4. The molecular formula is C19H32FNO4. The molecule has 1 heterocycles. The molecule has 1 aliphatic rings. The standard InChI is InChI=1S/C13H14FNO4.3C2H6/c1-3-10(16)19-7-15-6-8-4-5-9(18-2)12(14)11(8)13(15)17;3*1-2/h4-5H,3,6-7H2,1-2H3;3*1-2H3. The van der Waals surface area contributed by atoms with E-state index in [9.17, 15) is 14.0 Å². The number of esters is 1. The van der Waals surface area contributed by atoms with Gasteiger partial charge in [-0.05, 0) is 11.6 Å². The summed E-state index contributed by atoms with van der Waals surface area (Å²) in [5.74, 6) is -1.54. The van der Waals surface area contributed by atoms with Crippen molar-refractivity contribution in [2.24, 2.45) is 0 Å². The van der Waals surface area contributed by atoms with Gasteiger partial charge in [-0.1, -0.05) is 54.5 Å². The Hall–Kier alpha value is -2.11. The maximum Gasteiger partial charge on any atom is 0.307 e. The molecule has 25 heavy (non-hydrogen) atoms. The summed E-state index contributed by atoms with van der Waals surface area (Å²) in [5, 5.41) is 0. The maximum absolute atomic E-state index is 14.0. The molecule has 0 bridgehead atoms. The number of fused-ring (bicyclic) bond motifs is 1. The number of rotatable bonds is 4. The fraction of sp³-hybridized carbons (Fsp3) is 0.579. The van der Waals surface area contributed by atoms with E-state index in [0.29, 0.717) is 5.56 Å². The Kier molecular flexibility index (Phi) is 14.3. The predicted octanol–water partition coefficient (Wildman–Crippen LogP) is 4.78. The van der Waals surface area contributed by atoms with Gasteiger partial charge in [0.2, 0.25) is 0 Å². The topological polar surface area (TPSA) is 55.8 Å². The van der Waals surface area contributed by atoms with Crippen LogP contribution in [0.15, 0.2) is 12.1 Å². The quantitative estimate of drug-likeness (QED) is 0.728. The Morgan fingerprint density at radius 2 is 1.72 bits per heavy atom. The third kappa shape index (κ3) is 6.72. The summed E-state index contributed by atoms with van der Waals surface area (Å²) in [6, 6.07) is 3.11.